The fraction of sp³-hybridized carbons (Fsp3) is 0.923. The van der Waals surface area contributed by atoms with Gasteiger partial charge in [-0.15, -0.1) is 0 Å². The third-order valence-electron chi connectivity index (χ3n) is 4.09. The summed E-state index contributed by atoms with van der Waals surface area (Å²) in [4.78, 5) is 14.3. The lowest BCUT2D eigenvalue weighted by Gasteiger charge is -2.34. The molecular formula is C13H23NO. The molecule has 2 nitrogen and oxygen atoms in total. The molecule has 0 N–H and O–H groups in total. The van der Waals surface area contributed by atoms with Crippen LogP contribution in [0.2, 0.25) is 0 Å². The first-order chi connectivity index (χ1) is 7.11. The van der Waals surface area contributed by atoms with E-state index >= 15 is 0 Å². The molecule has 1 saturated heterocycles. The maximum Gasteiger partial charge on any atom is 0.225 e. The average molecular weight is 209 g/mol. The van der Waals surface area contributed by atoms with Crippen LogP contribution in [-0.2, 0) is 4.79 Å². The molecule has 15 heavy (non-hydrogen) atoms. The highest BCUT2D eigenvalue weighted by Crippen LogP contribution is 2.40. The number of carbonyl (C=O) groups is 1. The van der Waals surface area contributed by atoms with Gasteiger partial charge in [0.1, 0.15) is 0 Å². The van der Waals surface area contributed by atoms with Gasteiger partial charge < -0.3 is 4.90 Å². The molecule has 0 bridgehead atoms. The number of carbonyl (C=O) groups excluding carboxylic acids is 1. The van der Waals surface area contributed by atoms with Crippen LogP contribution in [0, 0.1) is 11.8 Å². The number of rotatable bonds is 1. The molecule has 1 amide bonds. The summed E-state index contributed by atoms with van der Waals surface area (Å²) in [5, 5.41) is 0. The number of amides is 1. The first kappa shape index (κ1) is 11.0. The Kier molecular flexibility index (Phi) is 3.03. The van der Waals surface area contributed by atoms with Crippen molar-refractivity contribution in [2.24, 2.45) is 11.8 Å². The molecule has 1 aliphatic heterocycles. The third-order valence-corrected chi connectivity index (χ3v) is 4.09. The molecule has 2 fully saturated rings. The van der Waals surface area contributed by atoms with E-state index in [2.05, 4.69) is 11.8 Å². The number of hydrogen-bond acceptors (Lipinski definition) is 1. The van der Waals surface area contributed by atoms with Crippen LogP contribution in [0.1, 0.15) is 52.9 Å². The molecule has 0 radical (unpaired) electrons. The Balaban J connectivity index is 2.12. The van der Waals surface area contributed by atoms with Crippen molar-refractivity contribution in [3.63, 3.8) is 0 Å². The highest BCUT2D eigenvalue weighted by Gasteiger charge is 2.42. The van der Waals surface area contributed by atoms with Crippen molar-refractivity contribution in [1.82, 2.24) is 4.90 Å². The molecule has 0 aromatic carbocycles. The number of nitrogens with zero attached hydrogens (tertiary/aromatic N) is 1. The van der Waals surface area contributed by atoms with Crippen LogP contribution in [0.5, 0.6) is 0 Å². The highest BCUT2D eigenvalue weighted by molar-refractivity contribution is 5.79. The lowest BCUT2D eigenvalue weighted by Crippen LogP contribution is -2.44. The van der Waals surface area contributed by atoms with Gasteiger partial charge in [-0.2, -0.15) is 0 Å². The minimum Gasteiger partial charge on any atom is -0.337 e. The minimum absolute atomic E-state index is 0.160. The Morgan fingerprint density at radius 3 is 2.60 bits per heavy atom. The van der Waals surface area contributed by atoms with Gasteiger partial charge in [-0.05, 0) is 32.1 Å². The fourth-order valence-electron chi connectivity index (χ4n) is 3.39. The maximum atomic E-state index is 12.1. The number of likely N-dealkylation sites (tertiary alicyclic amines) is 1. The second kappa shape index (κ2) is 4.15. The van der Waals surface area contributed by atoms with E-state index in [-0.39, 0.29) is 5.92 Å². The summed E-state index contributed by atoms with van der Waals surface area (Å²) in [6, 6.07) is 1.05. The van der Waals surface area contributed by atoms with Crippen molar-refractivity contribution < 1.29 is 4.79 Å². The first-order valence-electron chi connectivity index (χ1n) is 6.43. The summed E-state index contributed by atoms with van der Waals surface area (Å²) in [6.45, 7) is 6.26. The Bertz CT molecular complexity index is 249. The highest BCUT2D eigenvalue weighted by atomic mass is 16.2. The maximum absolute atomic E-state index is 12.1. The van der Waals surface area contributed by atoms with Crippen LogP contribution in [0.15, 0.2) is 0 Å². The van der Waals surface area contributed by atoms with Gasteiger partial charge in [0.25, 0.3) is 0 Å². The molecule has 2 heteroatoms. The number of fused-ring (bicyclic) bond motifs is 1. The smallest absolute Gasteiger partial charge is 0.225 e. The second-order valence-corrected chi connectivity index (χ2v) is 5.60. The quantitative estimate of drug-likeness (QED) is 0.650. The van der Waals surface area contributed by atoms with Gasteiger partial charge in [0.05, 0.1) is 0 Å². The summed E-state index contributed by atoms with van der Waals surface area (Å²) < 4.78 is 0. The molecule has 0 unspecified atom stereocenters. The Morgan fingerprint density at radius 2 is 1.93 bits per heavy atom. The van der Waals surface area contributed by atoms with Gasteiger partial charge in [-0.25, -0.2) is 0 Å². The van der Waals surface area contributed by atoms with Crippen LogP contribution in [0.25, 0.3) is 0 Å². The van der Waals surface area contributed by atoms with Crippen molar-refractivity contribution in [1.29, 1.82) is 0 Å². The molecule has 1 heterocycles. The Hall–Kier alpha value is -0.530. The standard InChI is InChI=1S/C13H23NO/c1-9(2)13(15)14-10(3)8-11-6-4-5-7-12(11)14/h9-12H,4-8H2,1-3H3/t10-,11+,12+/m1/s1. The largest absolute Gasteiger partial charge is 0.337 e. The summed E-state index contributed by atoms with van der Waals surface area (Å²) >= 11 is 0. The van der Waals surface area contributed by atoms with Crippen molar-refractivity contribution in [2.45, 2.75) is 65.0 Å². The monoisotopic (exact) mass is 209 g/mol. The van der Waals surface area contributed by atoms with Crippen LogP contribution < -0.4 is 0 Å². The van der Waals surface area contributed by atoms with E-state index in [1.54, 1.807) is 0 Å². The zero-order valence-electron chi connectivity index (χ0n) is 10.2. The summed E-state index contributed by atoms with van der Waals surface area (Å²) in [7, 11) is 0. The SMILES string of the molecule is CC(C)C(=O)N1[C@H](C)C[C@@H]2CCCC[C@@H]21. The molecular weight excluding hydrogens is 186 g/mol. The van der Waals surface area contributed by atoms with Crippen molar-refractivity contribution in [3.8, 4) is 0 Å². The molecule has 1 aliphatic carbocycles. The normalized spacial score (nSPS) is 35.7. The van der Waals surface area contributed by atoms with E-state index in [1.165, 1.54) is 32.1 Å². The summed E-state index contributed by atoms with van der Waals surface area (Å²) in [5.41, 5.74) is 0. The van der Waals surface area contributed by atoms with Gasteiger partial charge in [0.2, 0.25) is 5.91 Å². The van der Waals surface area contributed by atoms with Crippen molar-refractivity contribution in [2.75, 3.05) is 0 Å². The topological polar surface area (TPSA) is 20.3 Å². The predicted octanol–water partition coefficient (Wildman–Crippen LogP) is 2.82. The first-order valence-corrected chi connectivity index (χ1v) is 6.43. The lowest BCUT2D eigenvalue weighted by molar-refractivity contribution is -0.137. The zero-order chi connectivity index (χ0) is 11.0. The van der Waals surface area contributed by atoms with Crippen molar-refractivity contribution >= 4 is 5.91 Å². The molecule has 2 aliphatic rings. The van der Waals surface area contributed by atoms with Gasteiger partial charge >= 0.3 is 0 Å². The zero-order valence-corrected chi connectivity index (χ0v) is 10.2. The van der Waals surface area contributed by atoms with E-state index in [1.807, 2.05) is 13.8 Å². The second-order valence-electron chi connectivity index (χ2n) is 5.60. The van der Waals surface area contributed by atoms with E-state index in [0.29, 0.717) is 18.0 Å². The summed E-state index contributed by atoms with van der Waals surface area (Å²) in [5.74, 6) is 1.33. The predicted molar refractivity (Wildman–Crippen MR) is 61.5 cm³/mol. The van der Waals surface area contributed by atoms with Gasteiger partial charge in [0.15, 0.2) is 0 Å². The van der Waals surface area contributed by atoms with Gasteiger partial charge in [-0.3, -0.25) is 4.79 Å². The van der Waals surface area contributed by atoms with Crippen molar-refractivity contribution in [3.05, 3.63) is 0 Å². The van der Waals surface area contributed by atoms with E-state index < -0.39 is 0 Å². The molecule has 3 atom stereocenters. The van der Waals surface area contributed by atoms with E-state index in [0.717, 1.165) is 5.92 Å². The van der Waals surface area contributed by atoms with E-state index in [4.69, 9.17) is 0 Å². The minimum atomic E-state index is 0.160. The lowest BCUT2D eigenvalue weighted by atomic mass is 9.84. The molecule has 0 aromatic rings. The van der Waals surface area contributed by atoms with Crippen LogP contribution in [-0.4, -0.2) is 22.9 Å². The third kappa shape index (κ3) is 1.91. The fourth-order valence-corrected chi connectivity index (χ4v) is 3.39. The molecule has 0 spiro atoms. The molecule has 86 valence electrons. The average Bonchev–Trinajstić information content (AvgIpc) is 2.52. The Labute approximate surface area is 93.0 Å². The Morgan fingerprint density at radius 1 is 1.27 bits per heavy atom. The van der Waals surface area contributed by atoms with Crippen LogP contribution >= 0.6 is 0 Å². The molecule has 0 aromatic heterocycles. The molecule has 2 rings (SSSR count). The van der Waals surface area contributed by atoms with Crippen LogP contribution in [0.4, 0.5) is 0 Å². The summed E-state index contributed by atoms with van der Waals surface area (Å²) in [6.07, 6.45) is 6.51. The van der Waals surface area contributed by atoms with Gasteiger partial charge in [0, 0.05) is 18.0 Å². The van der Waals surface area contributed by atoms with Gasteiger partial charge in [-0.1, -0.05) is 26.7 Å². The number of hydrogen-bond donors (Lipinski definition) is 0. The molecule has 1 saturated carbocycles. The van der Waals surface area contributed by atoms with Crippen LogP contribution in [0.3, 0.4) is 0 Å². The van der Waals surface area contributed by atoms with E-state index in [9.17, 15) is 4.79 Å².